The highest BCUT2D eigenvalue weighted by molar-refractivity contribution is 5.30. The average molecular weight is 356 g/mol. The molecule has 0 aromatic heterocycles. The van der Waals surface area contributed by atoms with Crippen molar-refractivity contribution in [2.75, 3.05) is 13.2 Å². The second-order valence-electron chi connectivity index (χ2n) is 6.88. The van der Waals surface area contributed by atoms with Gasteiger partial charge in [-0.25, -0.2) is 0 Å². The zero-order valence-electron chi connectivity index (χ0n) is 15.0. The van der Waals surface area contributed by atoms with Gasteiger partial charge in [-0.05, 0) is 25.0 Å². The molecule has 5 heteroatoms. The van der Waals surface area contributed by atoms with Crippen LogP contribution in [0.1, 0.15) is 34.8 Å². The van der Waals surface area contributed by atoms with Gasteiger partial charge in [-0.15, -0.1) is 0 Å². The first kappa shape index (κ1) is 17.6. The van der Waals surface area contributed by atoms with Crippen LogP contribution in [0.25, 0.3) is 0 Å². The molecular weight excluding hydrogens is 332 g/mol. The zero-order chi connectivity index (χ0) is 18.1. The van der Waals surface area contributed by atoms with E-state index in [1.807, 2.05) is 36.4 Å². The fourth-order valence-electron chi connectivity index (χ4n) is 3.42. The lowest BCUT2D eigenvalue weighted by Gasteiger charge is -2.45. The Labute approximate surface area is 153 Å². The summed E-state index contributed by atoms with van der Waals surface area (Å²) >= 11 is 0. The Morgan fingerprint density at radius 2 is 1.69 bits per heavy atom. The first-order valence-corrected chi connectivity index (χ1v) is 8.96. The van der Waals surface area contributed by atoms with Crippen LogP contribution in [0.5, 0.6) is 0 Å². The van der Waals surface area contributed by atoms with E-state index in [0.717, 1.165) is 11.1 Å². The summed E-state index contributed by atoms with van der Waals surface area (Å²) in [6.45, 7) is 4.39. The topological polar surface area (TPSA) is 57.2 Å². The van der Waals surface area contributed by atoms with Gasteiger partial charge in [0.05, 0.1) is 13.2 Å². The molecule has 0 amide bonds. The summed E-state index contributed by atoms with van der Waals surface area (Å²) < 4.78 is 24.1. The van der Waals surface area contributed by atoms with Crippen LogP contribution in [0, 0.1) is 13.8 Å². The Hall–Kier alpha value is -1.76. The van der Waals surface area contributed by atoms with Crippen molar-refractivity contribution in [3.05, 3.63) is 70.8 Å². The minimum atomic E-state index is -0.534. The predicted molar refractivity (Wildman–Crippen MR) is 95.5 cm³/mol. The smallest absolute Gasteiger partial charge is 0.184 e. The highest BCUT2D eigenvalue weighted by atomic mass is 16.8. The SMILES string of the molecule is Cc1ccc(C2O[C@H]3COC(c4ccccc4)O[C@H]3[C@@H](CO)O2)cc1C. The second-order valence-corrected chi connectivity index (χ2v) is 6.88. The van der Waals surface area contributed by atoms with Crippen LogP contribution >= 0.6 is 0 Å². The molecule has 5 nitrogen and oxygen atoms in total. The number of hydrogen-bond acceptors (Lipinski definition) is 5. The van der Waals surface area contributed by atoms with E-state index in [2.05, 4.69) is 26.0 Å². The fourth-order valence-corrected chi connectivity index (χ4v) is 3.42. The highest BCUT2D eigenvalue weighted by Gasteiger charge is 2.45. The molecule has 0 spiro atoms. The number of rotatable bonds is 3. The Morgan fingerprint density at radius 1 is 0.885 bits per heavy atom. The molecule has 2 fully saturated rings. The molecule has 2 aliphatic heterocycles. The maximum atomic E-state index is 9.85. The summed E-state index contributed by atoms with van der Waals surface area (Å²) in [5.41, 5.74) is 4.28. The van der Waals surface area contributed by atoms with Crippen LogP contribution in [0.2, 0.25) is 0 Å². The van der Waals surface area contributed by atoms with Crippen LogP contribution in [-0.2, 0) is 18.9 Å². The van der Waals surface area contributed by atoms with Crippen molar-refractivity contribution in [2.45, 2.75) is 44.7 Å². The van der Waals surface area contributed by atoms with Gasteiger partial charge in [0.25, 0.3) is 0 Å². The molecule has 1 N–H and O–H groups in total. The predicted octanol–water partition coefficient (Wildman–Crippen LogP) is 3.19. The molecule has 0 bridgehead atoms. The number of benzene rings is 2. The van der Waals surface area contributed by atoms with Gasteiger partial charge in [0.2, 0.25) is 0 Å². The summed E-state index contributed by atoms with van der Waals surface area (Å²) in [4.78, 5) is 0. The minimum absolute atomic E-state index is 0.132. The van der Waals surface area contributed by atoms with E-state index >= 15 is 0 Å². The van der Waals surface area contributed by atoms with Crippen molar-refractivity contribution in [1.82, 2.24) is 0 Å². The number of aliphatic hydroxyl groups is 1. The van der Waals surface area contributed by atoms with Crippen LogP contribution in [0.15, 0.2) is 48.5 Å². The van der Waals surface area contributed by atoms with E-state index in [9.17, 15) is 5.11 Å². The Balaban J connectivity index is 1.52. The maximum Gasteiger partial charge on any atom is 0.184 e. The van der Waals surface area contributed by atoms with E-state index in [1.165, 1.54) is 11.1 Å². The third-order valence-electron chi connectivity index (χ3n) is 5.08. The standard InChI is InChI=1S/C21H24O5/c1-13-8-9-16(10-14(13)2)21-24-17(11-22)19-18(25-21)12-23-20(26-19)15-6-4-3-5-7-15/h3-10,17-22H,11-12H2,1-2H3/t17-,18+,19+,20?,21?/m1/s1. The Morgan fingerprint density at radius 3 is 2.42 bits per heavy atom. The normalized spacial score (nSPS) is 31.4. The van der Waals surface area contributed by atoms with E-state index in [4.69, 9.17) is 18.9 Å². The lowest BCUT2D eigenvalue weighted by atomic mass is 10.0. The van der Waals surface area contributed by atoms with Gasteiger partial charge in [0.1, 0.15) is 18.3 Å². The summed E-state index contributed by atoms with van der Waals surface area (Å²) in [6.07, 6.45) is -2.13. The molecule has 2 aromatic rings. The molecule has 2 saturated heterocycles. The van der Waals surface area contributed by atoms with Crippen molar-refractivity contribution in [2.24, 2.45) is 0 Å². The van der Waals surface area contributed by atoms with Crippen molar-refractivity contribution in [3.8, 4) is 0 Å². The summed E-state index contributed by atoms with van der Waals surface area (Å²) in [5.74, 6) is 0. The van der Waals surface area contributed by atoms with Crippen molar-refractivity contribution >= 4 is 0 Å². The van der Waals surface area contributed by atoms with Crippen molar-refractivity contribution < 1.29 is 24.1 Å². The average Bonchev–Trinajstić information content (AvgIpc) is 2.69. The van der Waals surface area contributed by atoms with Gasteiger partial charge in [0.15, 0.2) is 12.6 Å². The van der Waals surface area contributed by atoms with Gasteiger partial charge in [-0.3, -0.25) is 0 Å². The van der Waals surface area contributed by atoms with Crippen molar-refractivity contribution in [3.63, 3.8) is 0 Å². The van der Waals surface area contributed by atoms with E-state index < -0.39 is 18.7 Å². The summed E-state index contributed by atoms with van der Waals surface area (Å²) in [7, 11) is 0. The third-order valence-corrected chi connectivity index (χ3v) is 5.08. The van der Waals surface area contributed by atoms with Gasteiger partial charge in [0, 0.05) is 11.1 Å². The number of aliphatic hydroxyl groups excluding tert-OH is 1. The molecule has 2 unspecified atom stereocenters. The quantitative estimate of drug-likeness (QED) is 0.915. The maximum absolute atomic E-state index is 9.85. The van der Waals surface area contributed by atoms with Gasteiger partial charge in [-0.2, -0.15) is 0 Å². The van der Waals surface area contributed by atoms with Crippen LogP contribution < -0.4 is 0 Å². The monoisotopic (exact) mass is 356 g/mol. The molecule has 5 atom stereocenters. The van der Waals surface area contributed by atoms with Crippen LogP contribution in [0.4, 0.5) is 0 Å². The summed E-state index contributed by atoms with van der Waals surface area (Å²) in [6, 6.07) is 15.9. The molecule has 2 aromatic carbocycles. The molecule has 2 heterocycles. The highest BCUT2D eigenvalue weighted by Crippen LogP contribution is 2.38. The largest absolute Gasteiger partial charge is 0.394 e. The molecule has 138 valence electrons. The molecule has 0 aliphatic carbocycles. The molecular formula is C21H24O5. The molecule has 26 heavy (non-hydrogen) atoms. The van der Waals surface area contributed by atoms with E-state index in [-0.39, 0.29) is 18.8 Å². The molecule has 0 saturated carbocycles. The minimum Gasteiger partial charge on any atom is -0.394 e. The van der Waals surface area contributed by atoms with Crippen LogP contribution in [-0.4, -0.2) is 36.6 Å². The zero-order valence-corrected chi connectivity index (χ0v) is 15.0. The van der Waals surface area contributed by atoms with Gasteiger partial charge >= 0.3 is 0 Å². The third kappa shape index (κ3) is 3.41. The molecule has 2 aliphatic rings. The first-order valence-electron chi connectivity index (χ1n) is 8.96. The Bertz CT molecular complexity index is 739. The first-order chi connectivity index (χ1) is 12.7. The number of hydrogen-bond donors (Lipinski definition) is 1. The van der Waals surface area contributed by atoms with Crippen LogP contribution in [0.3, 0.4) is 0 Å². The number of aryl methyl sites for hydroxylation is 2. The number of fused-ring (bicyclic) bond motifs is 1. The van der Waals surface area contributed by atoms with Gasteiger partial charge in [-0.1, -0.05) is 48.5 Å². The Kier molecular flexibility index (Phi) is 5.07. The fraction of sp³-hybridized carbons (Fsp3) is 0.429. The van der Waals surface area contributed by atoms with E-state index in [0.29, 0.717) is 6.61 Å². The second kappa shape index (κ2) is 7.47. The summed E-state index contributed by atoms with van der Waals surface area (Å²) in [5, 5.41) is 9.85. The molecule has 4 rings (SSSR count). The molecule has 0 radical (unpaired) electrons. The van der Waals surface area contributed by atoms with Gasteiger partial charge < -0.3 is 24.1 Å². The number of ether oxygens (including phenoxy) is 4. The van der Waals surface area contributed by atoms with E-state index in [1.54, 1.807) is 0 Å². The lowest BCUT2D eigenvalue weighted by molar-refractivity contribution is -0.366. The lowest BCUT2D eigenvalue weighted by Crippen LogP contribution is -2.55. The van der Waals surface area contributed by atoms with Crippen molar-refractivity contribution in [1.29, 1.82) is 0 Å².